The van der Waals surface area contributed by atoms with Crippen LogP contribution in [0.3, 0.4) is 0 Å². The van der Waals surface area contributed by atoms with Crippen molar-refractivity contribution in [2.24, 2.45) is 5.92 Å². The summed E-state index contributed by atoms with van der Waals surface area (Å²) in [6, 6.07) is -0.156. The summed E-state index contributed by atoms with van der Waals surface area (Å²) in [6.07, 6.45) is 1.79. The molecule has 116 valence electrons. The van der Waals surface area contributed by atoms with Gasteiger partial charge in [-0.25, -0.2) is 13.1 Å². The van der Waals surface area contributed by atoms with E-state index < -0.39 is 10.0 Å². The standard InChI is InChI=1S/C14H25NO4S/c1-6-9(2)7-10(3)15-20(17,18)14-12(5)19-11(4)13(14)8-16/h9-10,15-16H,6-8H2,1-5H3. The minimum absolute atomic E-state index is 0.0773. The van der Waals surface area contributed by atoms with Gasteiger partial charge in [-0.1, -0.05) is 20.3 Å². The van der Waals surface area contributed by atoms with Crippen LogP contribution in [0.4, 0.5) is 0 Å². The summed E-state index contributed by atoms with van der Waals surface area (Å²) in [4.78, 5) is 0.0773. The van der Waals surface area contributed by atoms with Gasteiger partial charge in [0.25, 0.3) is 0 Å². The molecule has 0 aliphatic carbocycles. The van der Waals surface area contributed by atoms with E-state index in [2.05, 4.69) is 18.6 Å². The van der Waals surface area contributed by atoms with E-state index in [1.54, 1.807) is 13.8 Å². The first-order valence-electron chi connectivity index (χ1n) is 6.94. The van der Waals surface area contributed by atoms with Crippen molar-refractivity contribution >= 4 is 10.0 Å². The van der Waals surface area contributed by atoms with Crippen LogP contribution in [0.5, 0.6) is 0 Å². The van der Waals surface area contributed by atoms with Crippen LogP contribution in [0, 0.1) is 19.8 Å². The number of rotatable bonds is 7. The van der Waals surface area contributed by atoms with Gasteiger partial charge < -0.3 is 9.52 Å². The Morgan fingerprint density at radius 1 is 1.25 bits per heavy atom. The molecule has 0 bridgehead atoms. The fourth-order valence-electron chi connectivity index (χ4n) is 2.39. The molecule has 6 heteroatoms. The molecular formula is C14H25NO4S. The molecule has 2 unspecified atom stereocenters. The Balaban J connectivity index is 3.00. The second-order valence-electron chi connectivity index (χ2n) is 5.45. The Kier molecular flexibility index (Phi) is 5.79. The molecule has 0 saturated heterocycles. The fraction of sp³-hybridized carbons (Fsp3) is 0.714. The monoisotopic (exact) mass is 303 g/mol. The van der Waals surface area contributed by atoms with E-state index >= 15 is 0 Å². The van der Waals surface area contributed by atoms with Gasteiger partial charge in [-0.05, 0) is 33.1 Å². The molecule has 1 rings (SSSR count). The predicted molar refractivity (Wildman–Crippen MR) is 78.0 cm³/mol. The highest BCUT2D eigenvalue weighted by molar-refractivity contribution is 7.89. The van der Waals surface area contributed by atoms with Crippen LogP contribution in [-0.2, 0) is 16.6 Å². The lowest BCUT2D eigenvalue weighted by molar-refractivity contribution is 0.276. The van der Waals surface area contributed by atoms with Crippen LogP contribution >= 0.6 is 0 Å². The van der Waals surface area contributed by atoms with E-state index in [1.807, 2.05) is 6.92 Å². The molecule has 1 aromatic rings. The predicted octanol–water partition coefficient (Wildman–Crippen LogP) is 2.49. The number of aryl methyl sites for hydroxylation is 2. The van der Waals surface area contributed by atoms with Crippen LogP contribution in [0.1, 0.15) is 50.7 Å². The first-order valence-corrected chi connectivity index (χ1v) is 8.43. The van der Waals surface area contributed by atoms with Gasteiger partial charge in [0.15, 0.2) is 0 Å². The van der Waals surface area contributed by atoms with Gasteiger partial charge in [-0.2, -0.15) is 0 Å². The van der Waals surface area contributed by atoms with E-state index in [9.17, 15) is 13.5 Å². The lowest BCUT2D eigenvalue weighted by atomic mass is 10.0. The van der Waals surface area contributed by atoms with Crippen LogP contribution < -0.4 is 4.72 Å². The molecule has 20 heavy (non-hydrogen) atoms. The molecule has 2 N–H and O–H groups in total. The third-order valence-electron chi connectivity index (χ3n) is 3.56. The Morgan fingerprint density at radius 3 is 2.35 bits per heavy atom. The summed E-state index contributed by atoms with van der Waals surface area (Å²) in [5.74, 6) is 1.21. The molecule has 1 heterocycles. The summed E-state index contributed by atoms with van der Waals surface area (Å²) in [6.45, 7) is 8.93. The fourth-order valence-corrected chi connectivity index (χ4v) is 4.08. The highest BCUT2D eigenvalue weighted by atomic mass is 32.2. The first kappa shape index (κ1) is 17.2. The van der Waals surface area contributed by atoms with Crippen molar-refractivity contribution < 1.29 is 17.9 Å². The van der Waals surface area contributed by atoms with Crippen molar-refractivity contribution in [3.05, 3.63) is 17.1 Å². The van der Waals surface area contributed by atoms with Crippen molar-refractivity contribution in [3.8, 4) is 0 Å². The Bertz CT molecular complexity index is 548. The lowest BCUT2D eigenvalue weighted by Gasteiger charge is -2.17. The number of hydrogen-bond acceptors (Lipinski definition) is 4. The van der Waals surface area contributed by atoms with Gasteiger partial charge in [0.1, 0.15) is 16.4 Å². The highest BCUT2D eigenvalue weighted by Crippen LogP contribution is 2.27. The average molecular weight is 303 g/mol. The molecule has 1 aromatic heterocycles. The smallest absolute Gasteiger partial charge is 0.244 e. The summed E-state index contributed by atoms with van der Waals surface area (Å²) < 4.78 is 32.9. The molecule has 0 aliphatic rings. The number of furan rings is 1. The van der Waals surface area contributed by atoms with Gasteiger partial charge in [-0.15, -0.1) is 0 Å². The maximum absolute atomic E-state index is 12.4. The van der Waals surface area contributed by atoms with Gasteiger partial charge in [0.05, 0.1) is 6.61 Å². The SMILES string of the molecule is CCC(C)CC(C)NS(=O)(=O)c1c(C)oc(C)c1CO. The molecule has 0 fully saturated rings. The highest BCUT2D eigenvalue weighted by Gasteiger charge is 2.27. The average Bonchev–Trinajstić information content (AvgIpc) is 2.62. The van der Waals surface area contributed by atoms with E-state index in [1.165, 1.54) is 0 Å². The zero-order valence-corrected chi connectivity index (χ0v) is 13.7. The van der Waals surface area contributed by atoms with E-state index in [-0.39, 0.29) is 17.5 Å². The van der Waals surface area contributed by atoms with Gasteiger partial charge in [-0.3, -0.25) is 0 Å². The molecule has 2 atom stereocenters. The molecule has 0 radical (unpaired) electrons. The van der Waals surface area contributed by atoms with Crippen LogP contribution in [0.25, 0.3) is 0 Å². The normalized spacial score (nSPS) is 15.3. The Morgan fingerprint density at radius 2 is 1.85 bits per heavy atom. The minimum Gasteiger partial charge on any atom is -0.465 e. The molecule has 0 aliphatic heterocycles. The van der Waals surface area contributed by atoms with Gasteiger partial charge in [0, 0.05) is 11.6 Å². The third kappa shape index (κ3) is 3.84. The van der Waals surface area contributed by atoms with Crippen LogP contribution in [0.2, 0.25) is 0 Å². The molecule has 5 nitrogen and oxygen atoms in total. The molecule has 0 amide bonds. The maximum atomic E-state index is 12.4. The second kappa shape index (κ2) is 6.74. The number of aliphatic hydroxyl groups excluding tert-OH is 1. The molecule has 0 saturated carbocycles. The number of aliphatic hydroxyl groups is 1. The molecular weight excluding hydrogens is 278 g/mol. The quantitative estimate of drug-likeness (QED) is 0.811. The van der Waals surface area contributed by atoms with Crippen molar-refractivity contribution in [2.45, 2.75) is 65.0 Å². The van der Waals surface area contributed by atoms with E-state index in [0.717, 1.165) is 12.8 Å². The Hall–Kier alpha value is -0.850. The summed E-state index contributed by atoms with van der Waals surface area (Å²) in [5.41, 5.74) is 0.339. The van der Waals surface area contributed by atoms with Crippen molar-refractivity contribution in [3.63, 3.8) is 0 Å². The number of nitrogens with one attached hydrogen (secondary N) is 1. The van der Waals surface area contributed by atoms with Gasteiger partial charge >= 0.3 is 0 Å². The second-order valence-corrected chi connectivity index (χ2v) is 7.10. The summed E-state index contributed by atoms with van der Waals surface area (Å²) in [7, 11) is -3.67. The van der Waals surface area contributed by atoms with E-state index in [4.69, 9.17) is 4.42 Å². The largest absolute Gasteiger partial charge is 0.465 e. The summed E-state index contributed by atoms with van der Waals surface area (Å²) >= 11 is 0. The third-order valence-corrected chi connectivity index (χ3v) is 5.35. The maximum Gasteiger partial charge on any atom is 0.244 e. The van der Waals surface area contributed by atoms with Crippen molar-refractivity contribution in [1.82, 2.24) is 4.72 Å². The minimum atomic E-state index is -3.67. The van der Waals surface area contributed by atoms with Crippen LogP contribution in [0.15, 0.2) is 9.31 Å². The zero-order chi connectivity index (χ0) is 15.5. The molecule has 0 aromatic carbocycles. The van der Waals surface area contributed by atoms with Crippen LogP contribution in [-0.4, -0.2) is 19.6 Å². The Labute approximate surface area is 121 Å². The molecule has 0 spiro atoms. The number of sulfonamides is 1. The zero-order valence-electron chi connectivity index (χ0n) is 12.9. The number of hydrogen-bond donors (Lipinski definition) is 2. The van der Waals surface area contributed by atoms with E-state index in [0.29, 0.717) is 23.0 Å². The van der Waals surface area contributed by atoms with Crippen molar-refractivity contribution in [1.29, 1.82) is 0 Å². The first-order chi connectivity index (χ1) is 9.22. The lowest BCUT2D eigenvalue weighted by Crippen LogP contribution is -2.34. The van der Waals surface area contributed by atoms with Crippen molar-refractivity contribution in [2.75, 3.05) is 0 Å². The summed E-state index contributed by atoms with van der Waals surface area (Å²) in [5, 5.41) is 9.34. The topological polar surface area (TPSA) is 79.5 Å². The van der Waals surface area contributed by atoms with Gasteiger partial charge in [0.2, 0.25) is 10.0 Å².